The predicted molar refractivity (Wildman–Crippen MR) is 146 cm³/mol. The molecule has 3 amide bonds. The molecule has 0 bridgehead atoms. The number of para-hydroxylation sites is 3. The van der Waals surface area contributed by atoms with Crippen LogP contribution in [0.15, 0.2) is 115 Å². The second-order valence-electron chi connectivity index (χ2n) is 8.22. The van der Waals surface area contributed by atoms with Crippen LogP contribution >= 0.6 is 0 Å². The third-order valence-corrected chi connectivity index (χ3v) is 5.57. The van der Waals surface area contributed by atoms with Crippen LogP contribution in [-0.2, 0) is 17.9 Å². The van der Waals surface area contributed by atoms with Gasteiger partial charge in [0.2, 0.25) is 5.91 Å². The van der Waals surface area contributed by atoms with Gasteiger partial charge in [0.1, 0.15) is 0 Å². The molecule has 0 fully saturated rings. The Morgan fingerprint density at radius 1 is 0.750 bits per heavy atom. The van der Waals surface area contributed by atoms with Gasteiger partial charge in [-0.2, -0.15) is 0 Å². The van der Waals surface area contributed by atoms with Crippen LogP contribution in [0.25, 0.3) is 6.08 Å². The van der Waals surface area contributed by atoms with E-state index in [0.717, 1.165) is 22.4 Å². The highest BCUT2D eigenvalue weighted by molar-refractivity contribution is 6.03. The number of anilines is 3. The molecular formula is C30H28N4O2. The number of amides is 3. The lowest BCUT2D eigenvalue weighted by Crippen LogP contribution is -2.39. The number of nitrogen functional groups attached to an aromatic ring is 1. The minimum atomic E-state index is -0.262. The summed E-state index contributed by atoms with van der Waals surface area (Å²) in [4.78, 5) is 27.0. The lowest BCUT2D eigenvalue weighted by atomic mass is 10.1. The van der Waals surface area contributed by atoms with Gasteiger partial charge in [0.15, 0.2) is 0 Å². The van der Waals surface area contributed by atoms with Gasteiger partial charge in [0.25, 0.3) is 0 Å². The zero-order chi connectivity index (χ0) is 25.2. The molecule has 4 aromatic rings. The number of rotatable bonds is 8. The number of hydrogen-bond donors (Lipinski definition) is 3. The normalized spacial score (nSPS) is 10.7. The molecule has 0 heterocycles. The average Bonchev–Trinajstić information content (AvgIpc) is 2.92. The topological polar surface area (TPSA) is 87.5 Å². The number of carbonyl (C=O) groups is 2. The molecule has 0 saturated carbocycles. The summed E-state index contributed by atoms with van der Waals surface area (Å²) < 4.78 is 0. The summed E-state index contributed by atoms with van der Waals surface area (Å²) >= 11 is 0. The summed E-state index contributed by atoms with van der Waals surface area (Å²) in [5.74, 6) is -0.262. The van der Waals surface area contributed by atoms with Gasteiger partial charge in [-0.25, -0.2) is 4.79 Å². The van der Waals surface area contributed by atoms with Crippen LogP contribution in [0.1, 0.15) is 16.7 Å². The van der Waals surface area contributed by atoms with Crippen molar-refractivity contribution in [3.63, 3.8) is 0 Å². The van der Waals surface area contributed by atoms with Crippen LogP contribution in [0, 0.1) is 0 Å². The first-order chi connectivity index (χ1) is 17.6. The smallest absolute Gasteiger partial charge is 0.322 e. The second kappa shape index (κ2) is 12.0. The fourth-order valence-electron chi connectivity index (χ4n) is 3.63. The van der Waals surface area contributed by atoms with Gasteiger partial charge >= 0.3 is 6.03 Å². The van der Waals surface area contributed by atoms with Gasteiger partial charge in [-0.3, -0.25) is 9.69 Å². The molecule has 4 aromatic carbocycles. The molecule has 6 nitrogen and oxygen atoms in total. The van der Waals surface area contributed by atoms with E-state index in [-0.39, 0.29) is 11.9 Å². The fraction of sp³-hybridized carbons (Fsp3) is 0.0667. The molecule has 0 aliphatic carbocycles. The Kier molecular flexibility index (Phi) is 8.12. The van der Waals surface area contributed by atoms with E-state index in [1.807, 2.05) is 97.1 Å². The molecule has 0 aromatic heterocycles. The summed E-state index contributed by atoms with van der Waals surface area (Å²) in [6, 6.07) is 34.1. The maximum atomic E-state index is 13.1. The predicted octanol–water partition coefficient (Wildman–Crippen LogP) is 5.84. The zero-order valence-electron chi connectivity index (χ0n) is 19.8. The fourth-order valence-corrected chi connectivity index (χ4v) is 3.63. The third-order valence-electron chi connectivity index (χ3n) is 5.57. The standard InChI is InChI=1S/C30H28N4O2/c31-27-13-7-8-14-28(27)33-29(35)20-19-23-15-17-25(18-16-23)22-34(26-11-5-2-6-12-26)30(36)32-21-24-9-3-1-4-10-24/h1-20H,21-22,31H2,(H,32,36)(H,33,35)/b20-19+. The minimum absolute atomic E-state index is 0.175. The lowest BCUT2D eigenvalue weighted by molar-refractivity contribution is -0.111. The molecule has 0 unspecified atom stereocenters. The van der Waals surface area contributed by atoms with Crippen molar-refractivity contribution in [3.05, 3.63) is 132 Å². The van der Waals surface area contributed by atoms with Crippen molar-refractivity contribution in [2.45, 2.75) is 13.1 Å². The Hall–Kier alpha value is -4.84. The molecule has 0 aliphatic heterocycles. The number of urea groups is 1. The minimum Gasteiger partial charge on any atom is -0.397 e. The number of hydrogen-bond acceptors (Lipinski definition) is 3. The second-order valence-corrected chi connectivity index (χ2v) is 8.22. The van der Waals surface area contributed by atoms with E-state index in [9.17, 15) is 9.59 Å². The zero-order valence-corrected chi connectivity index (χ0v) is 19.8. The third kappa shape index (κ3) is 6.84. The van der Waals surface area contributed by atoms with E-state index in [2.05, 4.69) is 10.6 Å². The van der Waals surface area contributed by atoms with Gasteiger partial charge < -0.3 is 16.4 Å². The highest BCUT2D eigenvalue weighted by Gasteiger charge is 2.16. The number of nitrogens with two attached hydrogens (primary N) is 1. The van der Waals surface area contributed by atoms with E-state index >= 15 is 0 Å². The Morgan fingerprint density at radius 3 is 2.08 bits per heavy atom. The molecule has 180 valence electrons. The monoisotopic (exact) mass is 476 g/mol. The van der Waals surface area contributed by atoms with Crippen molar-refractivity contribution in [3.8, 4) is 0 Å². The highest BCUT2D eigenvalue weighted by atomic mass is 16.2. The molecule has 36 heavy (non-hydrogen) atoms. The molecule has 4 rings (SSSR count). The molecule has 0 radical (unpaired) electrons. The van der Waals surface area contributed by atoms with E-state index in [1.165, 1.54) is 6.08 Å². The van der Waals surface area contributed by atoms with Crippen LogP contribution in [0.3, 0.4) is 0 Å². The first-order valence-corrected chi connectivity index (χ1v) is 11.7. The van der Waals surface area contributed by atoms with Crippen LogP contribution < -0.4 is 21.3 Å². The van der Waals surface area contributed by atoms with E-state index in [4.69, 9.17) is 5.73 Å². The number of benzene rings is 4. The molecule has 0 saturated heterocycles. The van der Waals surface area contributed by atoms with Gasteiger partial charge in [-0.05, 0) is 47.0 Å². The largest absolute Gasteiger partial charge is 0.397 e. The molecule has 0 aliphatic rings. The first kappa shape index (κ1) is 24.3. The molecule has 4 N–H and O–H groups in total. The summed E-state index contributed by atoms with van der Waals surface area (Å²) in [6.07, 6.45) is 3.20. The van der Waals surface area contributed by atoms with Gasteiger partial charge in [0.05, 0.1) is 17.9 Å². The maximum absolute atomic E-state index is 13.1. The van der Waals surface area contributed by atoms with Gasteiger partial charge in [-0.15, -0.1) is 0 Å². The van der Waals surface area contributed by atoms with Crippen molar-refractivity contribution in [1.29, 1.82) is 0 Å². The van der Waals surface area contributed by atoms with Crippen molar-refractivity contribution >= 4 is 35.1 Å². The number of nitrogens with zero attached hydrogens (tertiary/aromatic N) is 1. The summed E-state index contributed by atoms with van der Waals surface area (Å²) in [5, 5.41) is 5.78. The summed E-state index contributed by atoms with van der Waals surface area (Å²) in [7, 11) is 0. The van der Waals surface area contributed by atoms with E-state index in [1.54, 1.807) is 23.1 Å². The molecule has 0 spiro atoms. The van der Waals surface area contributed by atoms with Gasteiger partial charge in [-0.1, -0.05) is 84.9 Å². The van der Waals surface area contributed by atoms with Crippen molar-refractivity contribution < 1.29 is 9.59 Å². The van der Waals surface area contributed by atoms with E-state index < -0.39 is 0 Å². The van der Waals surface area contributed by atoms with E-state index in [0.29, 0.717) is 24.5 Å². The molecule has 0 atom stereocenters. The Bertz CT molecular complexity index is 1320. The van der Waals surface area contributed by atoms with Crippen molar-refractivity contribution in [2.24, 2.45) is 0 Å². The first-order valence-electron chi connectivity index (χ1n) is 11.7. The van der Waals surface area contributed by atoms with Crippen LogP contribution in [0.5, 0.6) is 0 Å². The molecular weight excluding hydrogens is 448 g/mol. The van der Waals surface area contributed by atoms with Crippen LogP contribution in [-0.4, -0.2) is 11.9 Å². The summed E-state index contributed by atoms with van der Waals surface area (Å²) in [5.41, 5.74) is 10.6. The van der Waals surface area contributed by atoms with Crippen molar-refractivity contribution in [2.75, 3.05) is 16.0 Å². The Labute approximate surface area is 211 Å². The summed E-state index contributed by atoms with van der Waals surface area (Å²) in [6.45, 7) is 0.853. The lowest BCUT2D eigenvalue weighted by Gasteiger charge is -2.23. The van der Waals surface area contributed by atoms with Crippen LogP contribution in [0.4, 0.5) is 21.9 Å². The average molecular weight is 477 g/mol. The highest BCUT2D eigenvalue weighted by Crippen LogP contribution is 2.19. The molecule has 6 heteroatoms. The SMILES string of the molecule is Nc1ccccc1NC(=O)/C=C/c1ccc(CN(C(=O)NCc2ccccc2)c2ccccc2)cc1. The Balaban J connectivity index is 1.40. The maximum Gasteiger partial charge on any atom is 0.322 e. The number of carbonyl (C=O) groups excluding carboxylic acids is 2. The van der Waals surface area contributed by atoms with Crippen LogP contribution in [0.2, 0.25) is 0 Å². The Morgan fingerprint density at radius 2 is 1.39 bits per heavy atom. The van der Waals surface area contributed by atoms with Crippen molar-refractivity contribution in [1.82, 2.24) is 5.32 Å². The van der Waals surface area contributed by atoms with Gasteiger partial charge in [0, 0.05) is 18.3 Å². The quantitative estimate of drug-likeness (QED) is 0.221. The number of nitrogens with one attached hydrogen (secondary N) is 2.